The summed E-state index contributed by atoms with van der Waals surface area (Å²) in [7, 11) is 1.71. The zero-order valence-electron chi connectivity index (χ0n) is 9.96. The molecule has 1 amide bonds. The average molecular weight is 251 g/mol. The molecule has 1 saturated heterocycles. The first-order valence-electron chi connectivity index (χ1n) is 5.43. The Morgan fingerprint density at radius 3 is 2.71 bits per heavy atom. The zero-order chi connectivity index (χ0) is 12.6. The number of hydrogen-bond acceptors (Lipinski definition) is 2. The molecule has 1 aromatic rings. The lowest BCUT2D eigenvalue weighted by atomic mass is 9.86. The van der Waals surface area contributed by atoms with E-state index in [2.05, 4.69) is 11.9 Å². The summed E-state index contributed by atoms with van der Waals surface area (Å²) in [6.45, 7) is 5.81. The van der Waals surface area contributed by atoms with Crippen molar-refractivity contribution in [3.8, 4) is 0 Å². The number of nitrogens with one attached hydrogen (secondary N) is 1. The molecule has 1 heterocycles. The van der Waals surface area contributed by atoms with Gasteiger partial charge in [-0.1, -0.05) is 36.4 Å². The van der Waals surface area contributed by atoms with Crippen molar-refractivity contribution in [2.45, 2.75) is 18.9 Å². The summed E-state index contributed by atoms with van der Waals surface area (Å²) in [5.74, 6) is 0.639. The van der Waals surface area contributed by atoms with Crippen LogP contribution in [0.5, 0.6) is 0 Å². The fourth-order valence-corrected chi connectivity index (χ4v) is 2.43. The molecular formula is C13H15ClN2O. The van der Waals surface area contributed by atoms with Crippen molar-refractivity contribution in [3.63, 3.8) is 0 Å². The quantitative estimate of drug-likeness (QED) is 0.831. The van der Waals surface area contributed by atoms with Gasteiger partial charge in [-0.05, 0) is 18.6 Å². The standard InChI is InChI=1S/C13H15ClN2O/c1-9-15-13(2,8-12(17)16(9)3)10-6-4-5-7-11(10)14/h4-7,15H,1,8H2,2-3H3/t13-/m0/s1. The number of halogens is 1. The monoisotopic (exact) mass is 250 g/mol. The molecule has 0 saturated carbocycles. The number of amides is 1. The Morgan fingerprint density at radius 2 is 2.12 bits per heavy atom. The maximum Gasteiger partial charge on any atom is 0.230 e. The highest BCUT2D eigenvalue weighted by Crippen LogP contribution is 2.34. The highest BCUT2D eigenvalue weighted by molar-refractivity contribution is 6.31. The van der Waals surface area contributed by atoms with E-state index in [9.17, 15) is 4.79 Å². The molecule has 1 aromatic carbocycles. The van der Waals surface area contributed by atoms with Gasteiger partial charge in [0.15, 0.2) is 0 Å². The minimum atomic E-state index is -0.487. The molecule has 0 aliphatic carbocycles. The van der Waals surface area contributed by atoms with Gasteiger partial charge in [-0.3, -0.25) is 4.79 Å². The second kappa shape index (κ2) is 4.08. The third kappa shape index (κ3) is 2.03. The summed E-state index contributed by atoms with van der Waals surface area (Å²) < 4.78 is 0. The van der Waals surface area contributed by atoms with E-state index >= 15 is 0 Å². The molecule has 1 aliphatic heterocycles. The van der Waals surface area contributed by atoms with Gasteiger partial charge in [0.25, 0.3) is 0 Å². The number of benzene rings is 1. The molecule has 0 aromatic heterocycles. The van der Waals surface area contributed by atoms with E-state index < -0.39 is 5.54 Å². The van der Waals surface area contributed by atoms with Crippen LogP contribution in [0.15, 0.2) is 36.7 Å². The SMILES string of the molecule is C=C1N[C@](C)(c2ccccc2Cl)CC(=O)N1C. The van der Waals surface area contributed by atoms with Gasteiger partial charge in [0.2, 0.25) is 5.91 Å². The molecule has 0 spiro atoms. The number of carbonyl (C=O) groups excluding carboxylic acids is 1. The van der Waals surface area contributed by atoms with E-state index in [-0.39, 0.29) is 5.91 Å². The Hall–Kier alpha value is -1.48. The molecule has 1 aliphatic rings. The Morgan fingerprint density at radius 1 is 1.47 bits per heavy atom. The van der Waals surface area contributed by atoms with Crippen LogP contribution in [0, 0.1) is 0 Å². The molecule has 1 N–H and O–H groups in total. The summed E-state index contributed by atoms with van der Waals surface area (Å²) >= 11 is 6.18. The highest BCUT2D eigenvalue weighted by atomic mass is 35.5. The maximum atomic E-state index is 11.9. The molecular weight excluding hydrogens is 236 g/mol. The molecule has 4 heteroatoms. The highest BCUT2D eigenvalue weighted by Gasteiger charge is 2.37. The van der Waals surface area contributed by atoms with Crippen LogP contribution in [-0.4, -0.2) is 17.9 Å². The first-order valence-corrected chi connectivity index (χ1v) is 5.80. The first kappa shape index (κ1) is 12.0. The Bertz CT molecular complexity index is 466. The Kier molecular flexibility index (Phi) is 2.87. The lowest BCUT2D eigenvalue weighted by molar-refractivity contribution is -0.132. The zero-order valence-corrected chi connectivity index (χ0v) is 10.7. The van der Waals surface area contributed by atoms with Crippen molar-refractivity contribution in [3.05, 3.63) is 47.3 Å². The molecule has 1 atom stereocenters. The van der Waals surface area contributed by atoms with Crippen molar-refractivity contribution < 1.29 is 4.79 Å². The van der Waals surface area contributed by atoms with Crippen LogP contribution in [0.25, 0.3) is 0 Å². The topological polar surface area (TPSA) is 32.3 Å². The fraction of sp³-hybridized carbons (Fsp3) is 0.308. The van der Waals surface area contributed by atoms with Gasteiger partial charge in [0, 0.05) is 12.1 Å². The first-order chi connectivity index (χ1) is 7.94. The van der Waals surface area contributed by atoms with Gasteiger partial charge in [-0.15, -0.1) is 0 Å². The van der Waals surface area contributed by atoms with E-state index in [1.165, 1.54) is 4.90 Å². The lowest BCUT2D eigenvalue weighted by Gasteiger charge is -2.41. The van der Waals surface area contributed by atoms with Crippen LogP contribution in [0.3, 0.4) is 0 Å². The minimum absolute atomic E-state index is 0.0381. The summed E-state index contributed by atoms with van der Waals surface area (Å²) in [5.41, 5.74) is 0.434. The number of hydrogen-bond donors (Lipinski definition) is 1. The summed E-state index contributed by atoms with van der Waals surface area (Å²) in [4.78, 5) is 13.4. The molecule has 17 heavy (non-hydrogen) atoms. The van der Waals surface area contributed by atoms with Crippen molar-refractivity contribution in [1.82, 2.24) is 10.2 Å². The maximum absolute atomic E-state index is 11.9. The van der Waals surface area contributed by atoms with Gasteiger partial charge in [-0.2, -0.15) is 0 Å². The van der Waals surface area contributed by atoms with Crippen LogP contribution < -0.4 is 5.32 Å². The van der Waals surface area contributed by atoms with Crippen LogP contribution >= 0.6 is 11.6 Å². The third-order valence-corrected chi connectivity index (χ3v) is 3.50. The normalized spacial score (nSPS) is 24.8. The van der Waals surface area contributed by atoms with Crippen LogP contribution in [-0.2, 0) is 10.3 Å². The van der Waals surface area contributed by atoms with Crippen molar-refractivity contribution in [2.75, 3.05) is 7.05 Å². The Balaban J connectivity index is 2.41. The van der Waals surface area contributed by atoms with Gasteiger partial charge in [0.05, 0.1) is 12.0 Å². The summed E-state index contributed by atoms with van der Waals surface area (Å²) in [5, 5.41) is 3.92. The smallest absolute Gasteiger partial charge is 0.230 e. The van der Waals surface area contributed by atoms with Gasteiger partial charge >= 0.3 is 0 Å². The van der Waals surface area contributed by atoms with E-state index in [0.717, 1.165) is 5.56 Å². The Labute approximate surface area is 106 Å². The molecule has 0 radical (unpaired) electrons. The number of carbonyl (C=O) groups is 1. The summed E-state index contributed by atoms with van der Waals surface area (Å²) in [6.07, 6.45) is 0.367. The molecule has 2 rings (SSSR count). The number of rotatable bonds is 1. The minimum Gasteiger partial charge on any atom is -0.362 e. The van der Waals surface area contributed by atoms with Gasteiger partial charge < -0.3 is 10.2 Å². The predicted molar refractivity (Wildman–Crippen MR) is 68.5 cm³/mol. The van der Waals surface area contributed by atoms with E-state index in [1.807, 2.05) is 31.2 Å². The third-order valence-electron chi connectivity index (χ3n) is 3.17. The molecule has 1 fully saturated rings. The summed E-state index contributed by atoms with van der Waals surface area (Å²) in [6, 6.07) is 7.55. The fourth-order valence-electron chi connectivity index (χ4n) is 2.09. The molecule has 0 bridgehead atoms. The van der Waals surface area contributed by atoms with E-state index in [4.69, 9.17) is 11.6 Å². The van der Waals surface area contributed by atoms with Crippen molar-refractivity contribution in [2.24, 2.45) is 0 Å². The average Bonchev–Trinajstić information content (AvgIpc) is 2.26. The second-order valence-corrected chi connectivity index (χ2v) is 4.92. The molecule has 3 nitrogen and oxygen atoms in total. The van der Waals surface area contributed by atoms with Crippen LogP contribution in [0.4, 0.5) is 0 Å². The van der Waals surface area contributed by atoms with Crippen molar-refractivity contribution >= 4 is 17.5 Å². The molecule has 90 valence electrons. The molecule has 0 unspecified atom stereocenters. The van der Waals surface area contributed by atoms with Gasteiger partial charge in [-0.25, -0.2) is 0 Å². The van der Waals surface area contributed by atoms with Crippen LogP contribution in [0.2, 0.25) is 5.02 Å². The second-order valence-electron chi connectivity index (χ2n) is 4.51. The largest absolute Gasteiger partial charge is 0.362 e. The van der Waals surface area contributed by atoms with Crippen LogP contribution in [0.1, 0.15) is 18.9 Å². The van der Waals surface area contributed by atoms with Crippen molar-refractivity contribution in [1.29, 1.82) is 0 Å². The van der Waals surface area contributed by atoms with E-state index in [1.54, 1.807) is 7.05 Å². The van der Waals surface area contributed by atoms with E-state index in [0.29, 0.717) is 17.3 Å². The number of nitrogens with zero attached hydrogens (tertiary/aromatic N) is 1. The van der Waals surface area contributed by atoms with Gasteiger partial charge in [0.1, 0.15) is 5.82 Å². The lowest BCUT2D eigenvalue weighted by Crippen LogP contribution is -2.52. The predicted octanol–water partition coefficient (Wildman–Crippen LogP) is 2.48.